The largest absolute Gasteiger partial charge is 0.481 e. The summed E-state index contributed by atoms with van der Waals surface area (Å²) in [5, 5.41) is 17.8. The molecule has 2 N–H and O–H groups in total. The number of aliphatic carboxylic acids is 2. The SMILES string of the molecule is O=C(O)CS.O=C(O)Cc1cccs1. The van der Waals surface area contributed by atoms with Crippen LogP contribution in [0.5, 0.6) is 0 Å². The molecular formula is C8H10O4S2. The first-order valence-electron chi connectivity index (χ1n) is 3.63. The zero-order chi connectivity index (χ0) is 11.0. The Bertz CT molecular complexity index is 282. The topological polar surface area (TPSA) is 74.6 Å². The smallest absolute Gasteiger partial charge is 0.313 e. The van der Waals surface area contributed by atoms with Crippen LogP contribution in [0.15, 0.2) is 17.5 Å². The summed E-state index contributed by atoms with van der Waals surface area (Å²) in [6.45, 7) is 0. The summed E-state index contributed by atoms with van der Waals surface area (Å²) in [5.74, 6) is -1.73. The Kier molecular flexibility index (Phi) is 6.87. The van der Waals surface area contributed by atoms with Gasteiger partial charge < -0.3 is 10.2 Å². The number of hydrogen-bond donors (Lipinski definition) is 3. The highest BCUT2D eigenvalue weighted by Gasteiger charge is 1.98. The van der Waals surface area contributed by atoms with Crippen LogP contribution in [0.2, 0.25) is 0 Å². The van der Waals surface area contributed by atoms with E-state index < -0.39 is 11.9 Å². The van der Waals surface area contributed by atoms with Gasteiger partial charge in [0.05, 0.1) is 12.2 Å². The number of thiol groups is 1. The number of thiophene rings is 1. The van der Waals surface area contributed by atoms with Crippen LogP contribution in [0.25, 0.3) is 0 Å². The number of carboxylic acid groups (broad SMARTS) is 2. The van der Waals surface area contributed by atoms with Crippen molar-refractivity contribution < 1.29 is 19.8 Å². The van der Waals surface area contributed by atoms with Gasteiger partial charge >= 0.3 is 11.9 Å². The Morgan fingerprint density at radius 2 is 1.93 bits per heavy atom. The summed E-state index contributed by atoms with van der Waals surface area (Å²) in [5.41, 5.74) is 0. The van der Waals surface area contributed by atoms with Gasteiger partial charge in [-0.1, -0.05) is 6.07 Å². The third-order valence-corrected chi connectivity index (χ3v) is 2.19. The maximum Gasteiger partial charge on any atom is 0.313 e. The van der Waals surface area contributed by atoms with E-state index in [4.69, 9.17) is 10.2 Å². The first kappa shape index (κ1) is 13.0. The molecule has 14 heavy (non-hydrogen) atoms. The lowest BCUT2D eigenvalue weighted by Gasteiger charge is -1.85. The predicted octanol–water partition coefficient (Wildman–Crippen LogP) is 1.38. The molecule has 1 rings (SSSR count). The van der Waals surface area contributed by atoms with Gasteiger partial charge in [-0.2, -0.15) is 12.6 Å². The van der Waals surface area contributed by atoms with Gasteiger partial charge in [-0.3, -0.25) is 9.59 Å². The predicted molar refractivity (Wildman–Crippen MR) is 57.1 cm³/mol. The van der Waals surface area contributed by atoms with Crippen molar-refractivity contribution in [3.63, 3.8) is 0 Å². The molecule has 0 unspecified atom stereocenters. The van der Waals surface area contributed by atoms with E-state index in [1.54, 1.807) is 0 Å². The van der Waals surface area contributed by atoms with Crippen molar-refractivity contribution in [1.82, 2.24) is 0 Å². The van der Waals surface area contributed by atoms with Crippen molar-refractivity contribution in [2.45, 2.75) is 6.42 Å². The maximum atomic E-state index is 10.1. The van der Waals surface area contributed by atoms with Gasteiger partial charge in [0.25, 0.3) is 0 Å². The summed E-state index contributed by atoms with van der Waals surface area (Å²) < 4.78 is 0. The molecule has 0 radical (unpaired) electrons. The van der Waals surface area contributed by atoms with E-state index >= 15 is 0 Å². The van der Waals surface area contributed by atoms with E-state index in [-0.39, 0.29) is 12.2 Å². The lowest BCUT2D eigenvalue weighted by atomic mass is 10.3. The summed E-state index contributed by atoms with van der Waals surface area (Å²) in [6.07, 6.45) is 0.150. The van der Waals surface area contributed by atoms with Crippen LogP contribution in [0.3, 0.4) is 0 Å². The minimum atomic E-state index is -0.881. The lowest BCUT2D eigenvalue weighted by Crippen LogP contribution is -1.96. The molecule has 78 valence electrons. The molecule has 1 aromatic rings. The second kappa shape index (κ2) is 7.40. The highest BCUT2D eigenvalue weighted by atomic mass is 32.1. The van der Waals surface area contributed by atoms with Crippen molar-refractivity contribution in [3.05, 3.63) is 22.4 Å². The number of carboxylic acids is 2. The zero-order valence-electron chi connectivity index (χ0n) is 7.21. The summed E-state index contributed by atoms with van der Waals surface area (Å²) in [4.78, 5) is 20.3. The fourth-order valence-corrected chi connectivity index (χ4v) is 1.26. The molecule has 0 bridgehead atoms. The van der Waals surface area contributed by atoms with Crippen LogP contribution in [0, 0.1) is 0 Å². The van der Waals surface area contributed by atoms with E-state index in [9.17, 15) is 9.59 Å². The molecule has 1 heterocycles. The Hall–Kier alpha value is -1.01. The van der Waals surface area contributed by atoms with Crippen molar-refractivity contribution in [2.24, 2.45) is 0 Å². The lowest BCUT2D eigenvalue weighted by molar-refractivity contribution is -0.136. The van der Waals surface area contributed by atoms with Crippen LogP contribution >= 0.6 is 24.0 Å². The molecule has 4 nitrogen and oxygen atoms in total. The van der Waals surface area contributed by atoms with E-state index in [0.29, 0.717) is 0 Å². The van der Waals surface area contributed by atoms with Crippen molar-refractivity contribution in [1.29, 1.82) is 0 Å². The van der Waals surface area contributed by atoms with Gasteiger partial charge in [-0.25, -0.2) is 0 Å². The molecule has 6 heteroatoms. The van der Waals surface area contributed by atoms with Gasteiger partial charge in [0.2, 0.25) is 0 Å². The van der Waals surface area contributed by atoms with Crippen LogP contribution in [-0.2, 0) is 16.0 Å². The monoisotopic (exact) mass is 234 g/mol. The molecule has 0 spiro atoms. The zero-order valence-corrected chi connectivity index (χ0v) is 8.92. The first-order valence-corrected chi connectivity index (χ1v) is 5.14. The second-order valence-corrected chi connectivity index (χ2v) is 3.55. The van der Waals surface area contributed by atoms with E-state index in [0.717, 1.165) is 4.88 Å². The minimum Gasteiger partial charge on any atom is -0.481 e. The maximum absolute atomic E-state index is 10.1. The summed E-state index contributed by atoms with van der Waals surface area (Å²) in [7, 11) is 0. The number of rotatable bonds is 3. The van der Waals surface area contributed by atoms with Gasteiger partial charge in [-0.05, 0) is 11.4 Å². The van der Waals surface area contributed by atoms with Crippen LogP contribution < -0.4 is 0 Å². The molecule has 0 saturated heterocycles. The molecule has 0 aliphatic heterocycles. The fraction of sp³-hybridized carbons (Fsp3) is 0.250. The minimum absolute atomic E-state index is 0.0833. The third kappa shape index (κ3) is 7.63. The molecule has 0 atom stereocenters. The average molecular weight is 234 g/mol. The average Bonchev–Trinajstić information content (AvgIpc) is 2.57. The molecule has 0 aliphatic rings. The Balaban J connectivity index is 0.000000292. The Labute approximate surface area is 90.6 Å². The van der Waals surface area contributed by atoms with Crippen LogP contribution in [0.1, 0.15) is 4.88 Å². The van der Waals surface area contributed by atoms with Gasteiger partial charge in [0, 0.05) is 4.88 Å². The molecule has 0 fully saturated rings. The molecule has 0 amide bonds. The highest BCUT2D eigenvalue weighted by molar-refractivity contribution is 7.81. The Morgan fingerprint density at radius 1 is 1.36 bits per heavy atom. The molecule has 0 aromatic carbocycles. The molecule has 0 saturated carbocycles. The van der Waals surface area contributed by atoms with Crippen LogP contribution in [-0.4, -0.2) is 27.9 Å². The van der Waals surface area contributed by atoms with Crippen molar-refractivity contribution in [2.75, 3.05) is 5.75 Å². The fourth-order valence-electron chi connectivity index (χ4n) is 0.562. The molecule has 0 aliphatic carbocycles. The first-order chi connectivity index (χ1) is 6.56. The summed E-state index contributed by atoms with van der Waals surface area (Å²) >= 11 is 4.89. The Morgan fingerprint density at radius 3 is 2.21 bits per heavy atom. The van der Waals surface area contributed by atoms with Gasteiger partial charge in [-0.15, -0.1) is 11.3 Å². The van der Waals surface area contributed by atoms with Crippen LogP contribution in [0.4, 0.5) is 0 Å². The number of carbonyl (C=O) groups is 2. The summed E-state index contributed by atoms with van der Waals surface area (Å²) in [6, 6.07) is 3.67. The quantitative estimate of drug-likeness (QED) is 0.691. The van der Waals surface area contributed by atoms with Gasteiger partial charge in [0.1, 0.15) is 0 Å². The highest BCUT2D eigenvalue weighted by Crippen LogP contribution is 2.08. The van der Waals surface area contributed by atoms with Gasteiger partial charge in [0.15, 0.2) is 0 Å². The van der Waals surface area contributed by atoms with E-state index in [1.807, 2.05) is 17.5 Å². The third-order valence-electron chi connectivity index (χ3n) is 1.04. The van der Waals surface area contributed by atoms with Crippen molar-refractivity contribution in [3.8, 4) is 0 Å². The number of hydrogen-bond acceptors (Lipinski definition) is 4. The molecule has 1 aromatic heterocycles. The second-order valence-electron chi connectivity index (χ2n) is 2.20. The van der Waals surface area contributed by atoms with E-state index in [1.165, 1.54) is 11.3 Å². The standard InChI is InChI=1S/C6H6O2S.C2H4O2S/c7-6(8)4-5-2-1-3-9-5;3-2(4)1-5/h1-3H,4H2,(H,7,8);5H,1H2,(H,3,4). The van der Waals surface area contributed by atoms with E-state index in [2.05, 4.69) is 12.6 Å². The normalized spacial score (nSPS) is 8.64. The van der Waals surface area contributed by atoms with Crippen molar-refractivity contribution >= 4 is 35.9 Å². The molecular weight excluding hydrogens is 224 g/mol.